The van der Waals surface area contributed by atoms with Crippen molar-refractivity contribution in [2.24, 2.45) is 0 Å². The van der Waals surface area contributed by atoms with E-state index in [0.717, 1.165) is 25.7 Å². The van der Waals surface area contributed by atoms with E-state index in [1.165, 1.54) is 0 Å². The van der Waals surface area contributed by atoms with Crippen LogP contribution in [0.1, 0.15) is 44.9 Å². The van der Waals surface area contributed by atoms with Gasteiger partial charge in [0.1, 0.15) is 0 Å². The van der Waals surface area contributed by atoms with E-state index >= 15 is 0 Å². The Kier molecular flexibility index (Phi) is 9.09. The SMILES string of the molecule is O=C(O)CC(Cl)(CCO)CCCCCCCl. The summed E-state index contributed by atoms with van der Waals surface area (Å²) in [6.45, 7) is -0.0710. The fraction of sp³-hybridized carbons (Fsp3) is 0.909. The molecule has 1 atom stereocenters. The topological polar surface area (TPSA) is 57.5 Å². The van der Waals surface area contributed by atoms with Crippen molar-refractivity contribution in [2.75, 3.05) is 12.5 Å². The lowest BCUT2D eigenvalue weighted by atomic mass is 9.93. The van der Waals surface area contributed by atoms with Crippen LogP contribution in [0, 0.1) is 0 Å². The van der Waals surface area contributed by atoms with Crippen LogP contribution in [0.5, 0.6) is 0 Å². The molecule has 0 heterocycles. The Morgan fingerprint density at radius 2 is 1.75 bits per heavy atom. The largest absolute Gasteiger partial charge is 0.481 e. The molecule has 0 aromatic heterocycles. The minimum atomic E-state index is -0.913. The minimum absolute atomic E-state index is 0.0710. The highest BCUT2D eigenvalue weighted by molar-refractivity contribution is 6.24. The van der Waals surface area contributed by atoms with Gasteiger partial charge in [0.25, 0.3) is 0 Å². The summed E-state index contributed by atoms with van der Waals surface area (Å²) in [5, 5.41) is 17.6. The third kappa shape index (κ3) is 8.20. The zero-order valence-electron chi connectivity index (χ0n) is 9.42. The molecule has 5 heteroatoms. The second-order valence-corrected chi connectivity index (χ2v) is 5.23. The molecule has 0 spiro atoms. The zero-order chi connectivity index (χ0) is 12.4. The number of hydrogen-bond donors (Lipinski definition) is 2. The van der Waals surface area contributed by atoms with Crippen LogP contribution in [-0.4, -0.2) is 33.5 Å². The van der Waals surface area contributed by atoms with Crippen LogP contribution >= 0.6 is 23.2 Å². The molecule has 3 nitrogen and oxygen atoms in total. The fourth-order valence-corrected chi connectivity index (χ4v) is 2.18. The van der Waals surface area contributed by atoms with Crippen LogP contribution in [0.15, 0.2) is 0 Å². The van der Waals surface area contributed by atoms with Crippen molar-refractivity contribution in [3.05, 3.63) is 0 Å². The molecule has 0 rings (SSSR count). The molecule has 0 aliphatic rings. The number of aliphatic hydroxyl groups is 1. The summed E-state index contributed by atoms with van der Waals surface area (Å²) < 4.78 is 0. The first-order valence-electron chi connectivity index (χ1n) is 5.61. The minimum Gasteiger partial charge on any atom is -0.481 e. The monoisotopic (exact) mass is 270 g/mol. The van der Waals surface area contributed by atoms with Crippen molar-refractivity contribution in [3.63, 3.8) is 0 Å². The van der Waals surface area contributed by atoms with Crippen LogP contribution in [0.25, 0.3) is 0 Å². The summed E-state index contributed by atoms with van der Waals surface area (Å²) in [4.78, 5) is 9.85. The normalized spacial score (nSPS) is 14.7. The highest BCUT2D eigenvalue weighted by Gasteiger charge is 2.29. The molecule has 0 fully saturated rings. The molecule has 1 unspecified atom stereocenters. The second-order valence-electron chi connectivity index (χ2n) is 4.05. The van der Waals surface area contributed by atoms with Crippen molar-refractivity contribution in [2.45, 2.75) is 49.8 Å². The lowest BCUT2D eigenvalue weighted by Gasteiger charge is -2.24. The van der Waals surface area contributed by atoms with E-state index in [4.69, 9.17) is 33.4 Å². The van der Waals surface area contributed by atoms with E-state index < -0.39 is 10.8 Å². The van der Waals surface area contributed by atoms with Gasteiger partial charge < -0.3 is 10.2 Å². The summed E-state index contributed by atoms with van der Waals surface area (Å²) in [6, 6.07) is 0. The Morgan fingerprint density at radius 1 is 1.12 bits per heavy atom. The molecule has 0 aliphatic heterocycles. The van der Waals surface area contributed by atoms with Crippen LogP contribution in [0.3, 0.4) is 0 Å². The molecule has 0 bridgehead atoms. The van der Waals surface area contributed by atoms with Gasteiger partial charge in [-0.15, -0.1) is 23.2 Å². The molecule has 0 aliphatic carbocycles. The van der Waals surface area contributed by atoms with E-state index in [2.05, 4.69) is 0 Å². The number of aliphatic carboxylic acids is 1. The van der Waals surface area contributed by atoms with Crippen molar-refractivity contribution in [1.82, 2.24) is 0 Å². The molecule has 16 heavy (non-hydrogen) atoms. The van der Waals surface area contributed by atoms with Crippen molar-refractivity contribution < 1.29 is 15.0 Å². The van der Waals surface area contributed by atoms with Crippen molar-refractivity contribution in [1.29, 1.82) is 0 Å². The lowest BCUT2D eigenvalue weighted by molar-refractivity contribution is -0.137. The maximum Gasteiger partial charge on any atom is 0.305 e. The first-order chi connectivity index (χ1) is 7.54. The Bertz CT molecular complexity index is 200. The molecule has 0 aromatic rings. The molecular weight excluding hydrogens is 251 g/mol. The number of unbranched alkanes of at least 4 members (excludes halogenated alkanes) is 3. The Labute approximate surface area is 107 Å². The predicted molar refractivity (Wildman–Crippen MR) is 66.3 cm³/mol. The number of halogens is 2. The van der Waals surface area contributed by atoms with Crippen molar-refractivity contribution in [3.8, 4) is 0 Å². The lowest BCUT2D eigenvalue weighted by Crippen LogP contribution is -2.26. The summed E-state index contributed by atoms with van der Waals surface area (Å²) in [7, 11) is 0. The van der Waals surface area contributed by atoms with Gasteiger partial charge >= 0.3 is 5.97 Å². The van der Waals surface area contributed by atoms with Gasteiger partial charge in [0.15, 0.2) is 0 Å². The maximum atomic E-state index is 10.6. The molecule has 0 amide bonds. The summed E-state index contributed by atoms with van der Waals surface area (Å²) in [5.41, 5.74) is 0. The molecule has 0 aromatic carbocycles. The number of rotatable bonds is 10. The highest BCUT2D eigenvalue weighted by Crippen LogP contribution is 2.30. The average Bonchev–Trinajstić information content (AvgIpc) is 2.16. The highest BCUT2D eigenvalue weighted by atomic mass is 35.5. The number of carboxylic acids is 1. The molecule has 96 valence electrons. The van der Waals surface area contributed by atoms with Crippen LogP contribution in [0.2, 0.25) is 0 Å². The molecule has 2 N–H and O–H groups in total. The fourth-order valence-electron chi connectivity index (χ4n) is 1.66. The molecular formula is C11H20Cl2O3. The van der Waals surface area contributed by atoms with Gasteiger partial charge in [-0.2, -0.15) is 0 Å². The standard InChI is InChI=1S/C11H20Cl2O3/c12-7-4-2-1-3-5-11(13,6-8-14)9-10(15)16/h14H,1-9H2,(H,15,16). The van der Waals surface area contributed by atoms with Crippen LogP contribution in [0.4, 0.5) is 0 Å². The summed E-state index contributed by atoms with van der Waals surface area (Å²) in [6.07, 6.45) is 4.78. The van der Waals surface area contributed by atoms with Crippen LogP contribution in [-0.2, 0) is 4.79 Å². The van der Waals surface area contributed by atoms with Crippen LogP contribution < -0.4 is 0 Å². The van der Waals surface area contributed by atoms with Crippen molar-refractivity contribution >= 4 is 29.2 Å². The number of aliphatic hydroxyl groups excluding tert-OH is 1. The Hall–Kier alpha value is 0.01000. The van der Waals surface area contributed by atoms with Gasteiger partial charge in [-0.3, -0.25) is 4.79 Å². The predicted octanol–water partition coefficient (Wildman–Crippen LogP) is 3.01. The molecule has 0 saturated heterocycles. The Morgan fingerprint density at radius 3 is 2.25 bits per heavy atom. The number of carboxylic acid groups (broad SMARTS) is 1. The third-order valence-electron chi connectivity index (χ3n) is 2.54. The van der Waals surface area contributed by atoms with E-state index in [0.29, 0.717) is 18.7 Å². The van der Waals surface area contributed by atoms with E-state index in [1.807, 2.05) is 0 Å². The molecule has 0 radical (unpaired) electrons. The van der Waals surface area contributed by atoms with E-state index in [1.54, 1.807) is 0 Å². The molecule has 0 saturated carbocycles. The first-order valence-corrected chi connectivity index (χ1v) is 6.53. The number of alkyl halides is 2. The Balaban J connectivity index is 3.87. The second kappa shape index (κ2) is 9.08. The van der Waals surface area contributed by atoms with Gasteiger partial charge in [0, 0.05) is 12.5 Å². The van der Waals surface area contributed by atoms with E-state index in [9.17, 15) is 4.79 Å². The zero-order valence-corrected chi connectivity index (χ0v) is 10.9. The van der Waals surface area contributed by atoms with Gasteiger partial charge in [-0.05, 0) is 19.3 Å². The van der Waals surface area contributed by atoms with Gasteiger partial charge in [-0.25, -0.2) is 0 Å². The summed E-state index contributed by atoms with van der Waals surface area (Å²) >= 11 is 11.7. The average molecular weight is 271 g/mol. The number of carbonyl (C=O) groups is 1. The first kappa shape index (κ1) is 16.0. The smallest absolute Gasteiger partial charge is 0.305 e. The number of hydrogen-bond acceptors (Lipinski definition) is 2. The van der Waals surface area contributed by atoms with Gasteiger partial charge in [-0.1, -0.05) is 19.3 Å². The van der Waals surface area contributed by atoms with Gasteiger partial charge in [0.05, 0.1) is 11.3 Å². The third-order valence-corrected chi connectivity index (χ3v) is 3.32. The maximum absolute atomic E-state index is 10.6. The van der Waals surface area contributed by atoms with E-state index in [-0.39, 0.29) is 13.0 Å². The quantitative estimate of drug-likeness (QED) is 0.474. The van der Waals surface area contributed by atoms with Gasteiger partial charge in [0.2, 0.25) is 0 Å². The summed E-state index contributed by atoms with van der Waals surface area (Å²) in [5.74, 6) is -0.248.